The van der Waals surface area contributed by atoms with Gasteiger partial charge in [-0.2, -0.15) is 13.2 Å². The molecular formula is C30H47F3O4. The molecule has 1 aromatic carbocycles. The topological polar surface area (TPSA) is 52.6 Å². The number of alkyl halides is 3. The molecule has 2 rings (SSSR count). The molecule has 0 spiro atoms. The van der Waals surface area contributed by atoms with Gasteiger partial charge in [-0.25, -0.2) is 0 Å². The van der Waals surface area contributed by atoms with Gasteiger partial charge in [0.25, 0.3) is 0 Å². The van der Waals surface area contributed by atoms with Crippen LogP contribution in [0.25, 0.3) is 0 Å². The molecule has 0 N–H and O–H groups in total. The minimum Gasteiger partial charge on any atom is -0.459 e. The van der Waals surface area contributed by atoms with Crippen molar-refractivity contribution in [3.8, 4) is 5.75 Å². The highest BCUT2D eigenvalue weighted by molar-refractivity contribution is 5.78. The van der Waals surface area contributed by atoms with E-state index < -0.39 is 23.1 Å². The number of ether oxygens (including phenoxy) is 2. The van der Waals surface area contributed by atoms with Crippen LogP contribution in [0.5, 0.6) is 5.75 Å². The molecule has 1 saturated carbocycles. The van der Waals surface area contributed by atoms with E-state index in [0.29, 0.717) is 17.9 Å². The summed E-state index contributed by atoms with van der Waals surface area (Å²) in [4.78, 5) is 24.0. The molecule has 4 nitrogen and oxygen atoms in total. The van der Waals surface area contributed by atoms with Crippen molar-refractivity contribution in [3.63, 3.8) is 0 Å². The van der Waals surface area contributed by atoms with Crippen molar-refractivity contribution in [2.24, 2.45) is 22.7 Å². The third-order valence-electron chi connectivity index (χ3n) is 7.82. The molecule has 1 aliphatic carbocycles. The van der Waals surface area contributed by atoms with Gasteiger partial charge in [0.05, 0.1) is 16.4 Å². The summed E-state index contributed by atoms with van der Waals surface area (Å²) in [5.41, 5.74) is -1.82. The van der Waals surface area contributed by atoms with Gasteiger partial charge < -0.3 is 9.47 Å². The Labute approximate surface area is 221 Å². The van der Waals surface area contributed by atoms with Gasteiger partial charge in [0.1, 0.15) is 11.4 Å². The molecule has 0 bridgehead atoms. The molecule has 1 fully saturated rings. The van der Waals surface area contributed by atoms with E-state index in [4.69, 9.17) is 9.47 Å². The van der Waals surface area contributed by atoms with Crippen LogP contribution >= 0.6 is 0 Å². The first-order valence-electron chi connectivity index (χ1n) is 13.4. The lowest BCUT2D eigenvalue weighted by atomic mass is 9.75. The maximum atomic E-state index is 12.6. The molecule has 0 aromatic heterocycles. The lowest BCUT2D eigenvalue weighted by Crippen LogP contribution is -2.42. The number of hydrogen-bond donors (Lipinski definition) is 0. The van der Waals surface area contributed by atoms with E-state index in [0.717, 1.165) is 24.5 Å². The molecule has 1 aliphatic rings. The zero-order chi connectivity index (χ0) is 28.8. The molecule has 212 valence electrons. The number of rotatable bonds is 7. The predicted molar refractivity (Wildman–Crippen MR) is 141 cm³/mol. The second kappa shape index (κ2) is 12.7. The Balaban J connectivity index is 0.000000371. The third kappa shape index (κ3) is 9.97. The van der Waals surface area contributed by atoms with Gasteiger partial charge in [0.15, 0.2) is 0 Å². The number of hydrogen-bond acceptors (Lipinski definition) is 4. The average Bonchev–Trinajstić information content (AvgIpc) is 2.78. The molecule has 0 aliphatic heterocycles. The molecule has 0 saturated heterocycles. The number of carbonyl (C=O) groups is 2. The normalized spacial score (nSPS) is 18.9. The maximum absolute atomic E-state index is 12.6. The Morgan fingerprint density at radius 2 is 1.32 bits per heavy atom. The van der Waals surface area contributed by atoms with Crippen LogP contribution in [-0.2, 0) is 20.5 Å². The number of aryl methyl sites for hydroxylation is 1. The summed E-state index contributed by atoms with van der Waals surface area (Å²) < 4.78 is 48.8. The van der Waals surface area contributed by atoms with E-state index in [1.54, 1.807) is 13.8 Å². The highest BCUT2D eigenvalue weighted by atomic mass is 19.4. The van der Waals surface area contributed by atoms with Crippen molar-refractivity contribution >= 4 is 11.9 Å². The Bertz CT molecular complexity index is 908. The first-order valence-corrected chi connectivity index (χ1v) is 13.4. The van der Waals surface area contributed by atoms with Crippen molar-refractivity contribution in [1.82, 2.24) is 0 Å². The monoisotopic (exact) mass is 528 g/mol. The van der Waals surface area contributed by atoms with Crippen LogP contribution < -0.4 is 4.74 Å². The molecule has 0 radical (unpaired) electrons. The second-order valence-corrected chi connectivity index (χ2v) is 12.3. The SMILES string of the molecule is CCC(C)(C)C(=O)OC(C)(C)C1CCC(C)CC1.CCC(C)(C)C(=O)Oc1cc(C)cc(C(F)(F)F)c1. The highest BCUT2D eigenvalue weighted by Crippen LogP contribution is 2.38. The van der Waals surface area contributed by atoms with Gasteiger partial charge in [0.2, 0.25) is 0 Å². The van der Waals surface area contributed by atoms with E-state index >= 15 is 0 Å². The minimum absolute atomic E-state index is 0.0476. The zero-order valence-electron chi connectivity index (χ0n) is 24.4. The van der Waals surface area contributed by atoms with Crippen molar-refractivity contribution in [2.75, 3.05) is 0 Å². The van der Waals surface area contributed by atoms with Crippen molar-refractivity contribution in [3.05, 3.63) is 29.3 Å². The lowest BCUT2D eigenvalue weighted by Gasteiger charge is -2.39. The summed E-state index contributed by atoms with van der Waals surface area (Å²) in [6, 6.07) is 3.28. The van der Waals surface area contributed by atoms with E-state index in [9.17, 15) is 22.8 Å². The van der Waals surface area contributed by atoms with Crippen LogP contribution in [0.15, 0.2) is 18.2 Å². The van der Waals surface area contributed by atoms with E-state index in [1.165, 1.54) is 38.7 Å². The first kappa shape index (κ1) is 33.0. The zero-order valence-corrected chi connectivity index (χ0v) is 24.4. The molecule has 0 atom stereocenters. The second-order valence-electron chi connectivity index (χ2n) is 12.3. The largest absolute Gasteiger partial charge is 0.459 e. The number of halogens is 3. The van der Waals surface area contributed by atoms with E-state index in [1.807, 2.05) is 27.7 Å². The summed E-state index contributed by atoms with van der Waals surface area (Å²) >= 11 is 0. The van der Waals surface area contributed by atoms with Crippen LogP contribution in [-0.4, -0.2) is 17.5 Å². The number of benzene rings is 1. The quantitative estimate of drug-likeness (QED) is 0.262. The lowest BCUT2D eigenvalue weighted by molar-refractivity contribution is -0.174. The maximum Gasteiger partial charge on any atom is 0.416 e. The van der Waals surface area contributed by atoms with Crippen LogP contribution in [0.4, 0.5) is 13.2 Å². The Hall–Kier alpha value is -2.05. The molecule has 0 unspecified atom stereocenters. The molecule has 0 amide bonds. The summed E-state index contributed by atoms with van der Waals surface area (Å²) in [5.74, 6) is 0.700. The summed E-state index contributed by atoms with van der Waals surface area (Å²) in [6.07, 6.45) is 1.83. The smallest absolute Gasteiger partial charge is 0.416 e. The summed E-state index contributed by atoms with van der Waals surface area (Å²) in [6.45, 7) is 19.2. The summed E-state index contributed by atoms with van der Waals surface area (Å²) in [5, 5.41) is 0. The predicted octanol–water partition coefficient (Wildman–Crippen LogP) is 8.93. The van der Waals surface area contributed by atoms with Gasteiger partial charge in [-0.1, -0.05) is 33.6 Å². The van der Waals surface area contributed by atoms with Crippen molar-refractivity contribution < 1.29 is 32.2 Å². The average molecular weight is 529 g/mol. The standard InChI is InChI=1S/C16H30O2.C14H17F3O2/c1-7-15(3,4)14(17)18-16(5,6)13-10-8-12(2)9-11-13;1-5-13(3,4)12(18)19-11-7-9(2)6-10(8-11)14(15,16)17/h12-13H,7-11H2,1-6H3;6-8H,5H2,1-4H3. The Morgan fingerprint density at radius 1 is 0.838 bits per heavy atom. The van der Waals surface area contributed by atoms with Crippen LogP contribution in [0, 0.1) is 29.6 Å². The fraction of sp³-hybridized carbons (Fsp3) is 0.733. The van der Waals surface area contributed by atoms with Crippen molar-refractivity contribution in [1.29, 1.82) is 0 Å². The Morgan fingerprint density at radius 3 is 1.78 bits per heavy atom. The van der Waals surface area contributed by atoms with Gasteiger partial charge in [-0.05, 0) is 110 Å². The minimum atomic E-state index is -4.45. The molecule has 7 heteroatoms. The molecule has 0 heterocycles. The van der Waals surface area contributed by atoms with E-state index in [-0.39, 0.29) is 22.7 Å². The van der Waals surface area contributed by atoms with Gasteiger partial charge in [-0.15, -0.1) is 0 Å². The van der Waals surface area contributed by atoms with Gasteiger partial charge in [-0.3, -0.25) is 9.59 Å². The van der Waals surface area contributed by atoms with Crippen LogP contribution in [0.1, 0.15) is 112 Å². The molecule has 37 heavy (non-hydrogen) atoms. The van der Waals surface area contributed by atoms with Crippen molar-refractivity contribution in [2.45, 2.75) is 120 Å². The van der Waals surface area contributed by atoms with Gasteiger partial charge >= 0.3 is 18.1 Å². The number of esters is 2. The highest BCUT2D eigenvalue weighted by Gasteiger charge is 2.39. The number of carbonyl (C=O) groups excluding carboxylic acids is 2. The Kier molecular flexibility index (Phi) is 11.3. The fourth-order valence-electron chi connectivity index (χ4n) is 3.92. The van der Waals surface area contributed by atoms with Crippen LogP contribution in [0.3, 0.4) is 0 Å². The fourth-order valence-corrected chi connectivity index (χ4v) is 3.92. The first-order chi connectivity index (χ1) is 16.7. The molecular weight excluding hydrogens is 481 g/mol. The third-order valence-corrected chi connectivity index (χ3v) is 7.82. The summed E-state index contributed by atoms with van der Waals surface area (Å²) in [7, 11) is 0. The van der Waals surface area contributed by atoms with Gasteiger partial charge in [0, 0.05) is 0 Å². The molecule has 1 aromatic rings. The van der Waals surface area contributed by atoms with E-state index in [2.05, 4.69) is 20.8 Å². The van der Waals surface area contributed by atoms with Crippen LogP contribution in [0.2, 0.25) is 0 Å².